The number of rotatable bonds is 38. The van der Waals surface area contributed by atoms with Crippen LogP contribution in [0.2, 0.25) is 0 Å². The number of halogens is 9. The number of aliphatic hydroxyl groups is 3. The number of nitrogens with one attached hydrogen (secondary N) is 2. The van der Waals surface area contributed by atoms with Gasteiger partial charge in [0.1, 0.15) is 45.8 Å². The summed E-state index contributed by atoms with van der Waals surface area (Å²) in [5.74, 6) is 0. The smallest absolute Gasteiger partial charge is 0.214 e. The Hall–Kier alpha value is -2.86. The van der Waals surface area contributed by atoms with Crippen LogP contribution in [0.1, 0.15) is 131 Å². The molecule has 0 radical (unpaired) electrons. The zero-order chi connectivity index (χ0) is 64.2. The molecule has 5 rings (SSSR count). The predicted octanol–water partition coefficient (Wildman–Crippen LogP) is 13.3. The minimum Gasteiger partial charge on any atom is -0.396 e. The van der Waals surface area contributed by atoms with E-state index in [9.17, 15) is 0 Å². The van der Waals surface area contributed by atoms with Crippen molar-refractivity contribution in [2.45, 2.75) is 166 Å². The summed E-state index contributed by atoms with van der Waals surface area (Å²) in [5.41, 5.74) is 32.7. The zero-order valence-corrected chi connectivity index (χ0v) is 62.7. The van der Waals surface area contributed by atoms with Crippen LogP contribution >= 0.6 is 143 Å². The Morgan fingerprint density at radius 2 is 0.628 bits per heavy atom. The van der Waals surface area contributed by atoms with Crippen molar-refractivity contribution < 1.29 is 15.3 Å². The lowest BCUT2D eigenvalue weighted by molar-refractivity contribution is 0.276. The Bertz CT molecular complexity index is 2220. The van der Waals surface area contributed by atoms with E-state index in [1.807, 2.05) is 21.8 Å². The van der Waals surface area contributed by atoms with E-state index in [-0.39, 0.29) is 19.8 Å². The van der Waals surface area contributed by atoms with Gasteiger partial charge in [-0.05, 0) is 114 Å². The van der Waals surface area contributed by atoms with Crippen LogP contribution in [-0.4, -0.2) is 154 Å². The van der Waals surface area contributed by atoms with E-state index in [0.29, 0.717) is 49.9 Å². The highest BCUT2D eigenvalue weighted by Gasteiger charge is 2.02. The largest absolute Gasteiger partial charge is 0.396 e. The van der Waals surface area contributed by atoms with Crippen molar-refractivity contribution in [2.75, 3.05) is 63.6 Å². The number of aromatic nitrogens is 15. The third kappa shape index (κ3) is 58.8. The fourth-order valence-corrected chi connectivity index (χ4v) is 8.81. The first kappa shape index (κ1) is 87.3. The fourth-order valence-electron chi connectivity index (χ4n) is 5.52. The highest BCUT2D eigenvalue weighted by molar-refractivity contribution is 9.10. The molecule has 30 nitrogen and oxygen atoms in total. The molecule has 5 aromatic rings. The number of alkyl halides is 9. The Morgan fingerprint density at radius 3 is 0.895 bits per heavy atom. The molecule has 486 valence electrons. The van der Waals surface area contributed by atoms with Gasteiger partial charge in [0, 0.05) is 122 Å². The topological polar surface area (TPSA) is 412 Å². The molecular formula is C47H84Br9N27O3+2. The van der Waals surface area contributed by atoms with E-state index in [4.69, 9.17) is 37.4 Å². The molecule has 0 aromatic carbocycles. The summed E-state index contributed by atoms with van der Waals surface area (Å²) in [6.07, 6.45) is 26.3. The van der Waals surface area contributed by atoms with Crippen molar-refractivity contribution in [3.8, 4) is 0 Å². The summed E-state index contributed by atoms with van der Waals surface area (Å²) in [4.78, 5) is 11.0. The van der Waals surface area contributed by atoms with Crippen LogP contribution in [-0.2, 0) is 63.1 Å². The zero-order valence-electron chi connectivity index (χ0n) is 48.5. The monoisotopic (exact) mass is 1780 g/mol. The van der Waals surface area contributed by atoms with E-state index in [2.05, 4.69) is 235 Å². The minimum absolute atomic E-state index is 0.0293. The molecule has 39 heteroatoms. The summed E-state index contributed by atoms with van der Waals surface area (Å²) in [6, 6.07) is 0. The number of hydrogen-bond donors (Lipinski definition) is 5. The number of nitrogens with zero attached hydrogens (tertiary/aromatic N) is 25. The first-order chi connectivity index (χ1) is 42.1. The standard InChI is InChI=1S/2C7H11Br2N3.2C7H12BrN3O.C7H11N9.2C4H9BrN3.C4H9BrO/c2*8-3-1-2-4-12-6-7(5-9)10-11-12;2*8-3-1-2-4-11-5-7(6-12)9-10-11;8-13-10-3-1-2-4-16-6-7(12-15-16)5-11-14-9;2*5-3-1-2-4-7-8-6;5-3-1-2-4-6/h2*6H,1-5H2;2*5,12H,1-4,6H2;6H,1-5H2;2*6H,1-4H2;6H,1-4H2/q;;;;;2*+1;. The van der Waals surface area contributed by atoms with E-state index in [1.54, 1.807) is 32.6 Å². The van der Waals surface area contributed by atoms with Crippen molar-refractivity contribution in [3.05, 3.63) is 80.3 Å². The molecule has 0 aliphatic rings. The Kier molecular flexibility index (Phi) is 72.3. The molecule has 0 unspecified atom stereocenters. The third-order valence-electron chi connectivity index (χ3n) is 9.83. The molecule has 0 fully saturated rings. The summed E-state index contributed by atoms with van der Waals surface area (Å²) >= 11 is 30.0. The van der Waals surface area contributed by atoms with Crippen molar-refractivity contribution in [3.63, 3.8) is 0 Å². The van der Waals surface area contributed by atoms with Crippen molar-refractivity contribution in [1.29, 1.82) is 11.1 Å². The average Bonchev–Trinajstić information content (AvgIpc) is 4.43. The second kappa shape index (κ2) is 71.2. The average molecular weight is 1790 g/mol. The molecule has 0 bridgehead atoms. The molecule has 5 N–H and O–H groups in total. The molecule has 5 aromatic heterocycles. The van der Waals surface area contributed by atoms with Crippen LogP contribution in [0.25, 0.3) is 20.9 Å². The summed E-state index contributed by atoms with van der Waals surface area (Å²) in [5, 5.41) is 86.9. The highest BCUT2D eigenvalue weighted by atomic mass is 79.9. The lowest BCUT2D eigenvalue weighted by Gasteiger charge is -1.97. The van der Waals surface area contributed by atoms with Crippen molar-refractivity contribution in [2.24, 2.45) is 20.5 Å². The van der Waals surface area contributed by atoms with Gasteiger partial charge in [0.15, 0.2) is 0 Å². The second-order valence-corrected chi connectivity index (χ2v) is 23.6. The highest BCUT2D eigenvalue weighted by Crippen LogP contribution is 2.05. The molecule has 0 aliphatic heterocycles. The molecule has 0 saturated heterocycles. The third-order valence-corrected chi connectivity index (χ3v) is 14.9. The van der Waals surface area contributed by atoms with E-state index in [0.717, 1.165) is 175 Å². The van der Waals surface area contributed by atoms with Gasteiger partial charge in [0.2, 0.25) is 9.82 Å². The quantitative estimate of drug-likeness (QED) is 0.00807. The lowest BCUT2D eigenvalue weighted by atomic mass is 10.3. The number of azide groups is 2. The van der Waals surface area contributed by atoms with Gasteiger partial charge in [0.05, 0.1) is 49.2 Å². The SMILES string of the molecule is BrCCCCn1cc(CBr)nn1.BrCCCCn1cc(CBr)nn1.N=[N+]=NCCCCBr.N=[N+]=NCCCCBr.OCCCCBr.OCc1cn(CCCCBr)nn1.OCc1cn(CCCCBr)nn1.[N-]=[N+]=NCCCCn1cc(CN=[N+]=[N-])nn1. The maximum absolute atomic E-state index is 8.70. The number of aryl methyl sites for hydroxylation is 5. The number of hydrogen-bond acceptors (Lipinski definition) is 19. The molecule has 0 amide bonds. The maximum atomic E-state index is 8.70. The van der Waals surface area contributed by atoms with Crippen LogP contribution in [0.5, 0.6) is 0 Å². The van der Waals surface area contributed by atoms with Gasteiger partial charge >= 0.3 is 0 Å². The summed E-state index contributed by atoms with van der Waals surface area (Å²) < 4.78 is 8.97. The minimum atomic E-state index is -0.0293. The first-order valence-corrected chi connectivity index (χ1v) is 37.6. The van der Waals surface area contributed by atoms with E-state index in [1.165, 1.54) is 12.8 Å². The summed E-state index contributed by atoms with van der Waals surface area (Å²) in [7, 11) is 0. The van der Waals surface area contributed by atoms with Crippen molar-refractivity contribution >= 4 is 143 Å². The van der Waals surface area contributed by atoms with Gasteiger partial charge in [-0.3, -0.25) is 23.4 Å². The molecule has 0 atom stereocenters. The van der Waals surface area contributed by atoms with Gasteiger partial charge in [-0.2, -0.15) is 0 Å². The van der Waals surface area contributed by atoms with Gasteiger partial charge in [-0.25, -0.2) is 0 Å². The van der Waals surface area contributed by atoms with E-state index >= 15 is 0 Å². The number of unbranched alkanes of at least 4 members (excludes halogenated alkanes) is 8. The van der Waals surface area contributed by atoms with E-state index < -0.39 is 0 Å². The van der Waals surface area contributed by atoms with Gasteiger partial charge in [-0.15, -0.1) is 25.5 Å². The molecular weight excluding hydrogens is 1710 g/mol. The lowest BCUT2D eigenvalue weighted by Crippen LogP contribution is -1.99. The fraction of sp³-hybridized carbons (Fsp3) is 0.787. The van der Waals surface area contributed by atoms with Crippen LogP contribution in [0.3, 0.4) is 0 Å². The van der Waals surface area contributed by atoms with Crippen molar-refractivity contribution in [1.82, 2.24) is 84.8 Å². The summed E-state index contributed by atoms with van der Waals surface area (Å²) in [6.45, 7) is 6.75. The molecule has 86 heavy (non-hydrogen) atoms. The molecule has 5 heterocycles. The normalized spacial score (nSPS) is 9.72. The predicted molar refractivity (Wildman–Crippen MR) is 366 cm³/mol. The number of aliphatic hydroxyl groups excluding tert-OH is 3. The maximum Gasteiger partial charge on any atom is 0.214 e. The van der Waals surface area contributed by atoms with Crippen LogP contribution in [0.4, 0.5) is 0 Å². The Labute approximate surface area is 579 Å². The van der Waals surface area contributed by atoms with Gasteiger partial charge < -0.3 is 15.3 Å². The van der Waals surface area contributed by atoms with Gasteiger partial charge in [0.25, 0.3) is 0 Å². The molecule has 0 saturated carbocycles. The van der Waals surface area contributed by atoms with Crippen LogP contribution < -0.4 is 9.82 Å². The Morgan fingerprint density at radius 1 is 0.360 bits per heavy atom. The van der Waals surface area contributed by atoms with Crippen LogP contribution in [0, 0.1) is 11.1 Å². The van der Waals surface area contributed by atoms with Gasteiger partial charge in [-0.1, -0.05) is 180 Å². The first-order valence-electron chi connectivity index (χ1n) is 27.5. The molecule has 0 aliphatic carbocycles. The second-order valence-electron chi connectivity index (χ2n) is 16.9. The van der Waals surface area contributed by atoms with Crippen LogP contribution in [0.15, 0.2) is 51.4 Å². The Balaban J connectivity index is -0.000000929. The molecule has 0 spiro atoms.